The third kappa shape index (κ3) is 3.97. The summed E-state index contributed by atoms with van der Waals surface area (Å²) >= 11 is 5.88. The standard InChI is InChI=1S/C16H15ClO4/c17-14-9-11(5-6-13(14)16(20)21)15(19)7-4-10-2-1-3-12(18)8-10/h1-3,5-6,8-9,15,18-19H,4,7H2,(H,20,21)/t15-/m0/s1. The van der Waals surface area contributed by atoms with Crippen molar-refractivity contribution >= 4 is 17.6 Å². The molecule has 0 radical (unpaired) electrons. The van der Waals surface area contributed by atoms with Gasteiger partial charge in [-0.1, -0.05) is 29.8 Å². The van der Waals surface area contributed by atoms with Crippen molar-refractivity contribution < 1.29 is 20.1 Å². The Kier molecular flexibility index (Phi) is 4.83. The van der Waals surface area contributed by atoms with Gasteiger partial charge >= 0.3 is 5.97 Å². The third-order valence-electron chi connectivity index (χ3n) is 3.23. The molecule has 0 spiro atoms. The molecule has 0 aromatic heterocycles. The number of carboxylic acid groups (broad SMARTS) is 1. The highest BCUT2D eigenvalue weighted by Gasteiger charge is 2.13. The largest absolute Gasteiger partial charge is 0.508 e. The summed E-state index contributed by atoms with van der Waals surface area (Å²) in [4.78, 5) is 10.9. The van der Waals surface area contributed by atoms with E-state index in [0.29, 0.717) is 18.4 Å². The highest BCUT2D eigenvalue weighted by Crippen LogP contribution is 2.25. The summed E-state index contributed by atoms with van der Waals surface area (Å²) in [5.41, 5.74) is 1.51. The van der Waals surface area contributed by atoms with Crippen molar-refractivity contribution in [2.75, 3.05) is 0 Å². The molecule has 3 N–H and O–H groups in total. The zero-order valence-electron chi connectivity index (χ0n) is 11.2. The highest BCUT2D eigenvalue weighted by molar-refractivity contribution is 6.33. The molecule has 2 rings (SSSR count). The lowest BCUT2D eigenvalue weighted by atomic mass is 10.00. The van der Waals surface area contributed by atoms with Gasteiger partial charge in [-0.25, -0.2) is 4.79 Å². The summed E-state index contributed by atoms with van der Waals surface area (Å²) in [5.74, 6) is -0.906. The molecule has 21 heavy (non-hydrogen) atoms. The molecule has 0 unspecified atom stereocenters. The van der Waals surface area contributed by atoms with Crippen LogP contribution in [0.15, 0.2) is 42.5 Å². The van der Waals surface area contributed by atoms with Crippen LogP contribution in [0.5, 0.6) is 5.75 Å². The minimum atomic E-state index is -1.10. The molecule has 0 amide bonds. The summed E-state index contributed by atoms with van der Waals surface area (Å²) in [6.07, 6.45) is 0.299. The van der Waals surface area contributed by atoms with E-state index >= 15 is 0 Å². The normalized spacial score (nSPS) is 12.1. The number of hydrogen-bond acceptors (Lipinski definition) is 3. The number of aromatic carboxylic acids is 1. The van der Waals surface area contributed by atoms with E-state index in [1.54, 1.807) is 24.3 Å². The van der Waals surface area contributed by atoms with Crippen LogP contribution in [-0.4, -0.2) is 21.3 Å². The first kappa shape index (κ1) is 15.4. The first-order valence-corrected chi connectivity index (χ1v) is 6.84. The van der Waals surface area contributed by atoms with E-state index in [-0.39, 0.29) is 16.3 Å². The molecule has 0 aliphatic rings. The van der Waals surface area contributed by atoms with Gasteiger partial charge in [0.2, 0.25) is 0 Å². The number of carbonyl (C=O) groups is 1. The van der Waals surface area contributed by atoms with Crippen molar-refractivity contribution in [2.24, 2.45) is 0 Å². The first-order valence-electron chi connectivity index (χ1n) is 6.46. The van der Waals surface area contributed by atoms with Crippen molar-refractivity contribution in [3.8, 4) is 5.75 Å². The Balaban J connectivity index is 2.05. The predicted molar refractivity (Wildman–Crippen MR) is 79.8 cm³/mol. The Bertz CT molecular complexity index is 654. The molecular weight excluding hydrogens is 292 g/mol. The van der Waals surface area contributed by atoms with Crippen LogP contribution in [0.4, 0.5) is 0 Å². The van der Waals surface area contributed by atoms with E-state index < -0.39 is 12.1 Å². The van der Waals surface area contributed by atoms with Gasteiger partial charge in [-0.05, 0) is 48.2 Å². The molecule has 0 aliphatic heterocycles. The minimum Gasteiger partial charge on any atom is -0.508 e. The van der Waals surface area contributed by atoms with Crippen LogP contribution < -0.4 is 0 Å². The topological polar surface area (TPSA) is 77.8 Å². The molecule has 0 saturated carbocycles. The summed E-state index contributed by atoms with van der Waals surface area (Å²) < 4.78 is 0. The second kappa shape index (κ2) is 6.61. The van der Waals surface area contributed by atoms with Gasteiger partial charge in [0.25, 0.3) is 0 Å². The number of benzene rings is 2. The number of hydrogen-bond donors (Lipinski definition) is 3. The van der Waals surface area contributed by atoms with Crippen molar-refractivity contribution in [3.63, 3.8) is 0 Å². The molecule has 110 valence electrons. The molecule has 2 aromatic rings. The van der Waals surface area contributed by atoms with E-state index in [1.807, 2.05) is 6.07 Å². The van der Waals surface area contributed by atoms with Crippen LogP contribution >= 0.6 is 11.6 Å². The van der Waals surface area contributed by atoms with Gasteiger partial charge in [0.05, 0.1) is 16.7 Å². The number of phenolic OH excluding ortho intramolecular Hbond substituents is 1. The summed E-state index contributed by atoms with van der Waals surface area (Å²) in [6.45, 7) is 0. The quantitative estimate of drug-likeness (QED) is 0.791. The molecular formula is C16H15ClO4. The van der Waals surface area contributed by atoms with Crippen LogP contribution in [0.25, 0.3) is 0 Å². The van der Waals surface area contributed by atoms with E-state index in [0.717, 1.165) is 5.56 Å². The summed E-state index contributed by atoms with van der Waals surface area (Å²) in [7, 11) is 0. The molecule has 0 fully saturated rings. The average Bonchev–Trinajstić information content (AvgIpc) is 2.44. The fraction of sp³-hybridized carbons (Fsp3) is 0.188. The number of rotatable bonds is 5. The molecule has 0 aliphatic carbocycles. The second-order valence-electron chi connectivity index (χ2n) is 4.77. The number of aryl methyl sites for hydroxylation is 1. The van der Waals surface area contributed by atoms with Gasteiger partial charge in [0.1, 0.15) is 5.75 Å². The van der Waals surface area contributed by atoms with Crippen molar-refractivity contribution in [3.05, 3.63) is 64.2 Å². The molecule has 4 nitrogen and oxygen atoms in total. The van der Waals surface area contributed by atoms with Crippen LogP contribution in [0.1, 0.15) is 34.0 Å². The lowest BCUT2D eigenvalue weighted by Crippen LogP contribution is -2.02. The molecule has 0 saturated heterocycles. The Hall–Kier alpha value is -2.04. The fourth-order valence-corrected chi connectivity index (χ4v) is 2.36. The van der Waals surface area contributed by atoms with Crippen LogP contribution in [-0.2, 0) is 6.42 Å². The lowest BCUT2D eigenvalue weighted by molar-refractivity contribution is 0.0697. The van der Waals surface area contributed by atoms with Gasteiger partial charge in [-0.3, -0.25) is 0 Å². The summed E-state index contributed by atoms with van der Waals surface area (Å²) in [6, 6.07) is 11.3. The van der Waals surface area contributed by atoms with E-state index in [4.69, 9.17) is 16.7 Å². The average molecular weight is 307 g/mol. The Labute approximate surface area is 127 Å². The number of carboxylic acids is 1. The minimum absolute atomic E-state index is 0.0144. The fourth-order valence-electron chi connectivity index (χ4n) is 2.09. The predicted octanol–water partition coefficient (Wildman–Crippen LogP) is 3.41. The maximum Gasteiger partial charge on any atom is 0.337 e. The molecule has 1 atom stereocenters. The molecule has 0 heterocycles. The van der Waals surface area contributed by atoms with Crippen LogP contribution in [0.3, 0.4) is 0 Å². The Morgan fingerprint density at radius 2 is 1.95 bits per heavy atom. The number of phenols is 1. The zero-order chi connectivity index (χ0) is 15.4. The van der Waals surface area contributed by atoms with E-state index in [2.05, 4.69) is 0 Å². The van der Waals surface area contributed by atoms with E-state index in [1.165, 1.54) is 12.1 Å². The van der Waals surface area contributed by atoms with Gasteiger partial charge in [0.15, 0.2) is 0 Å². The maximum atomic E-state index is 10.9. The maximum absolute atomic E-state index is 10.9. The Morgan fingerprint density at radius 3 is 2.57 bits per heavy atom. The van der Waals surface area contributed by atoms with Gasteiger partial charge in [-0.15, -0.1) is 0 Å². The lowest BCUT2D eigenvalue weighted by Gasteiger charge is -2.12. The summed E-state index contributed by atoms with van der Waals surface area (Å²) in [5, 5.41) is 28.5. The van der Waals surface area contributed by atoms with Crippen molar-refractivity contribution in [1.29, 1.82) is 0 Å². The zero-order valence-corrected chi connectivity index (χ0v) is 11.9. The van der Waals surface area contributed by atoms with Crippen molar-refractivity contribution in [2.45, 2.75) is 18.9 Å². The van der Waals surface area contributed by atoms with Gasteiger partial charge in [0, 0.05) is 0 Å². The monoisotopic (exact) mass is 306 g/mol. The number of aliphatic hydroxyl groups excluding tert-OH is 1. The molecule has 5 heteroatoms. The number of aromatic hydroxyl groups is 1. The SMILES string of the molecule is O=C(O)c1ccc([C@@H](O)CCc2cccc(O)c2)cc1Cl. The number of halogens is 1. The van der Waals surface area contributed by atoms with Gasteiger partial charge < -0.3 is 15.3 Å². The van der Waals surface area contributed by atoms with Crippen LogP contribution in [0.2, 0.25) is 5.02 Å². The molecule has 2 aromatic carbocycles. The second-order valence-corrected chi connectivity index (χ2v) is 5.18. The third-order valence-corrected chi connectivity index (χ3v) is 3.54. The smallest absolute Gasteiger partial charge is 0.337 e. The number of aliphatic hydroxyl groups is 1. The van der Waals surface area contributed by atoms with E-state index in [9.17, 15) is 15.0 Å². The van der Waals surface area contributed by atoms with Gasteiger partial charge in [-0.2, -0.15) is 0 Å². The highest BCUT2D eigenvalue weighted by atomic mass is 35.5. The molecule has 0 bridgehead atoms. The first-order chi connectivity index (χ1) is 9.97. The van der Waals surface area contributed by atoms with Crippen molar-refractivity contribution in [1.82, 2.24) is 0 Å². The Morgan fingerprint density at radius 1 is 1.19 bits per heavy atom. The van der Waals surface area contributed by atoms with Crippen LogP contribution in [0, 0.1) is 0 Å².